The van der Waals surface area contributed by atoms with Gasteiger partial charge in [-0.05, 0) is 90.9 Å². The second kappa shape index (κ2) is 16.1. The summed E-state index contributed by atoms with van der Waals surface area (Å²) in [5.74, 6) is -1.72. The lowest BCUT2D eigenvalue weighted by atomic mass is 9.43. The number of carbonyl (C=O) groups is 2. The van der Waals surface area contributed by atoms with Crippen molar-refractivity contribution in [3.63, 3.8) is 0 Å². The molecule has 3 aliphatic carbocycles. The van der Waals surface area contributed by atoms with Crippen LogP contribution in [0.25, 0.3) is 0 Å². The molecule has 4 N–H and O–H groups in total. The van der Waals surface area contributed by atoms with Crippen molar-refractivity contribution >= 4 is 20.2 Å². The Balaban J connectivity index is 1.63. The third-order valence-corrected chi connectivity index (χ3v) is 19.5. The second-order valence-electron chi connectivity index (χ2n) is 19.4. The van der Waals surface area contributed by atoms with Gasteiger partial charge in [-0.1, -0.05) is 111 Å². The number of esters is 1. The maximum atomic E-state index is 15.0. The van der Waals surface area contributed by atoms with Crippen LogP contribution < -0.4 is 5.32 Å². The molecule has 310 valence electrons. The van der Waals surface area contributed by atoms with E-state index >= 15 is 4.79 Å². The van der Waals surface area contributed by atoms with E-state index in [1.807, 2.05) is 64.1 Å². The molecular formula is C46H69NO8Si. The van der Waals surface area contributed by atoms with E-state index < -0.39 is 67.1 Å². The predicted molar refractivity (Wildman–Crippen MR) is 222 cm³/mol. The van der Waals surface area contributed by atoms with Crippen LogP contribution in [0.4, 0.5) is 0 Å². The van der Waals surface area contributed by atoms with Gasteiger partial charge in [0.15, 0.2) is 14.4 Å². The van der Waals surface area contributed by atoms with Gasteiger partial charge in [0.2, 0.25) is 0 Å². The van der Waals surface area contributed by atoms with Crippen LogP contribution in [-0.2, 0) is 18.7 Å². The molecule has 0 unspecified atom stereocenters. The van der Waals surface area contributed by atoms with Crippen molar-refractivity contribution < 1.29 is 38.8 Å². The number of fused-ring (bicyclic) bond motifs is 3. The molecule has 0 heterocycles. The Morgan fingerprint density at radius 1 is 0.964 bits per heavy atom. The number of ether oxygens (including phenoxy) is 2. The number of rotatable bonds is 10. The zero-order chi connectivity index (χ0) is 41.8. The molecule has 0 saturated heterocycles. The topological polar surface area (TPSA) is 135 Å². The van der Waals surface area contributed by atoms with Crippen LogP contribution in [0.1, 0.15) is 111 Å². The third-order valence-electron chi connectivity index (χ3n) is 15.1. The van der Waals surface area contributed by atoms with Crippen LogP contribution in [0.2, 0.25) is 18.1 Å². The Kier molecular flexibility index (Phi) is 12.7. The molecule has 3 aliphatic rings. The number of amides is 1. The van der Waals surface area contributed by atoms with E-state index in [9.17, 15) is 20.1 Å². The first-order valence-electron chi connectivity index (χ1n) is 20.7. The molecule has 0 spiro atoms. The highest BCUT2D eigenvalue weighted by Crippen LogP contribution is 2.64. The van der Waals surface area contributed by atoms with E-state index in [1.54, 1.807) is 24.3 Å². The van der Waals surface area contributed by atoms with Gasteiger partial charge in [-0.3, -0.25) is 4.79 Å². The first-order chi connectivity index (χ1) is 26.0. The Morgan fingerprint density at radius 3 is 2.09 bits per heavy atom. The van der Waals surface area contributed by atoms with Gasteiger partial charge in [0.25, 0.3) is 5.91 Å². The first kappa shape index (κ1) is 44.2. The summed E-state index contributed by atoms with van der Waals surface area (Å²) in [5.41, 5.74) is -0.975. The number of hydrogen-bond acceptors (Lipinski definition) is 8. The summed E-state index contributed by atoms with van der Waals surface area (Å²) < 4.78 is 19.8. The molecular weight excluding hydrogens is 723 g/mol. The molecule has 9 nitrogen and oxygen atoms in total. The van der Waals surface area contributed by atoms with E-state index in [2.05, 4.69) is 66.9 Å². The molecule has 2 bridgehead atoms. The van der Waals surface area contributed by atoms with Gasteiger partial charge in [0, 0.05) is 29.4 Å². The quantitative estimate of drug-likeness (QED) is 0.108. The summed E-state index contributed by atoms with van der Waals surface area (Å²) in [7, 11) is -2.70. The Morgan fingerprint density at radius 2 is 1.54 bits per heavy atom. The molecule has 10 heteroatoms. The van der Waals surface area contributed by atoms with Crippen molar-refractivity contribution in [3.8, 4) is 0 Å². The number of benzene rings is 2. The van der Waals surface area contributed by atoms with Gasteiger partial charge >= 0.3 is 5.97 Å². The van der Waals surface area contributed by atoms with E-state index in [-0.39, 0.29) is 41.2 Å². The van der Waals surface area contributed by atoms with E-state index in [4.69, 9.17) is 13.9 Å². The van der Waals surface area contributed by atoms with E-state index in [1.165, 1.54) is 0 Å². The van der Waals surface area contributed by atoms with Crippen molar-refractivity contribution in [1.29, 1.82) is 0 Å². The van der Waals surface area contributed by atoms with E-state index in [0.29, 0.717) is 28.9 Å². The van der Waals surface area contributed by atoms with Crippen LogP contribution in [0, 0.1) is 34.5 Å². The van der Waals surface area contributed by atoms with Crippen molar-refractivity contribution in [3.05, 3.63) is 82.9 Å². The fraction of sp³-hybridized carbons (Fsp3) is 0.652. The standard InChI is InChI=1S/C46H69NO8Si/c1-14-53-33-25-27(2)45(11)35(28(33)3)30(5)46(52)26-34(29(4)36(44(46,9)10)38(48)40(45)49)54-42(51)39(55-56(12,13)43(6,7)8)37(31-21-17-15-18-22-31)47-41(50)32-23-19-16-20-24-32/h15-24,27-28,30,33-35,37-40,48-49,52H,14,25-26H2,1-13H3,(H,47,50)/t27-,28-,30-,33+,34-,35-,37-,38-,39+,40-,45+,46+/m0/s1. The lowest BCUT2D eigenvalue weighted by Gasteiger charge is -2.65. The summed E-state index contributed by atoms with van der Waals surface area (Å²) >= 11 is 0. The molecule has 2 aromatic rings. The van der Waals surface area contributed by atoms with Gasteiger partial charge in [-0.15, -0.1) is 0 Å². The fourth-order valence-corrected chi connectivity index (χ4v) is 11.7. The van der Waals surface area contributed by atoms with Crippen LogP contribution in [0.5, 0.6) is 0 Å². The van der Waals surface area contributed by atoms with Crippen molar-refractivity contribution in [1.82, 2.24) is 5.32 Å². The van der Waals surface area contributed by atoms with Crippen LogP contribution in [0.3, 0.4) is 0 Å². The number of hydrogen-bond donors (Lipinski definition) is 4. The zero-order valence-corrected chi connectivity index (χ0v) is 37.1. The molecule has 0 aromatic heterocycles. The predicted octanol–water partition coefficient (Wildman–Crippen LogP) is 8.01. The van der Waals surface area contributed by atoms with Crippen LogP contribution in [-0.4, -0.2) is 78.2 Å². The minimum absolute atomic E-state index is 0.0123. The summed E-state index contributed by atoms with van der Waals surface area (Å²) in [4.78, 5) is 28.9. The third kappa shape index (κ3) is 7.59. The van der Waals surface area contributed by atoms with Gasteiger partial charge in [-0.25, -0.2) is 4.79 Å². The molecule has 1 amide bonds. The molecule has 56 heavy (non-hydrogen) atoms. The van der Waals surface area contributed by atoms with Gasteiger partial charge in [0.05, 0.1) is 23.9 Å². The monoisotopic (exact) mass is 791 g/mol. The Labute approximate surface area is 336 Å². The molecule has 2 fully saturated rings. The second-order valence-corrected chi connectivity index (χ2v) is 24.1. The SMILES string of the molecule is CCO[C@@H]1C[C@H](C)[C@]2(C)[C@@H]([C@H]1C)[C@H](C)[C@]1(O)C[C@H](OC(=O)[C@H](O[Si](C)(C)C(C)(C)C)[C@@H](NC(=O)c3ccccc3)c3ccccc3)C(C)=C([C@H](O)[C@@H]2O)C1(C)C. The average molecular weight is 792 g/mol. The summed E-state index contributed by atoms with van der Waals surface area (Å²) in [5, 5.41) is 40.9. The largest absolute Gasteiger partial charge is 0.456 e. The van der Waals surface area contributed by atoms with Crippen LogP contribution in [0.15, 0.2) is 71.8 Å². The van der Waals surface area contributed by atoms with Gasteiger partial charge in [-0.2, -0.15) is 0 Å². The zero-order valence-electron chi connectivity index (χ0n) is 36.1. The minimum atomic E-state index is -2.70. The maximum Gasteiger partial charge on any atom is 0.337 e. The van der Waals surface area contributed by atoms with Gasteiger partial charge < -0.3 is 34.5 Å². The first-order valence-corrected chi connectivity index (χ1v) is 23.6. The number of carbonyl (C=O) groups excluding carboxylic acids is 2. The molecule has 2 aromatic carbocycles. The number of aliphatic hydroxyl groups is 3. The molecule has 0 radical (unpaired) electrons. The molecule has 0 aliphatic heterocycles. The lowest BCUT2D eigenvalue weighted by Crippen LogP contribution is -2.69. The highest BCUT2D eigenvalue weighted by Gasteiger charge is 2.67. The average Bonchev–Trinajstić information content (AvgIpc) is 3.13. The number of aliphatic hydroxyl groups excluding tert-OH is 2. The van der Waals surface area contributed by atoms with Crippen molar-refractivity contribution in [2.24, 2.45) is 34.5 Å². The fourth-order valence-electron chi connectivity index (χ4n) is 10.5. The highest BCUT2D eigenvalue weighted by molar-refractivity contribution is 6.74. The van der Waals surface area contributed by atoms with Crippen molar-refractivity contribution in [2.75, 3.05) is 6.61 Å². The summed E-state index contributed by atoms with van der Waals surface area (Å²) in [6, 6.07) is 17.3. The smallest absolute Gasteiger partial charge is 0.337 e. The van der Waals surface area contributed by atoms with E-state index in [0.717, 1.165) is 6.42 Å². The normalized spacial score (nSPS) is 34.4. The summed E-state index contributed by atoms with van der Waals surface area (Å²) in [6.45, 7) is 27.0. The van der Waals surface area contributed by atoms with Crippen molar-refractivity contribution in [2.45, 2.75) is 149 Å². The lowest BCUT2D eigenvalue weighted by molar-refractivity contribution is -0.240. The molecule has 2 saturated carbocycles. The molecule has 5 rings (SSSR count). The van der Waals surface area contributed by atoms with Gasteiger partial charge in [0.1, 0.15) is 12.2 Å². The van der Waals surface area contributed by atoms with Crippen LogP contribution >= 0.6 is 0 Å². The minimum Gasteiger partial charge on any atom is -0.456 e. The Bertz CT molecular complexity index is 1740. The highest BCUT2D eigenvalue weighted by atomic mass is 28.4. The summed E-state index contributed by atoms with van der Waals surface area (Å²) in [6.07, 6.45) is -3.93. The Hall–Kier alpha value is -2.86. The number of nitrogens with one attached hydrogen (secondary N) is 1. The molecule has 12 atom stereocenters. The maximum absolute atomic E-state index is 15.0.